The van der Waals surface area contributed by atoms with Crippen molar-refractivity contribution >= 4 is 11.6 Å². The van der Waals surface area contributed by atoms with Crippen molar-refractivity contribution in [3.8, 4) is 11.3 Å². The first-order chi connectivity index (χ1) is 8.25. The molecule has 1 aromatic heterocycles. The van der Waals surface area contributed by atoms with Gasteiger partial charge in [-0.1, -0.05) is 26.0 Å². The molecule has 0 bridgehead atoms. The van der Waals surface area contributed by atoms with Crippen LogP contribution in [0, 0.1) is 0 Å². The molecule has 2 aromatic rings. The topological polar surface area (TPSA) is 55.1 Å². The Kier molecular flexibility index (Phi) is 4.94. The Morgan fingerprint density at radius 3 is 2.71 bits per heavy atom. The van der Waals surface area contributed by atoms with Gasteiger partial charge in [-0.3, -0.25) is 4.79 Å². The Labute approximate surface area is 101 Å². The van der Waals surface area contributed by atoms with E-state index >= 15 is 0 Å². The minimum absolute atomic E-state index is 0.0929. The minimum atomic E-state index is -0.0929. The molecule has 0 aliphatic rings. The predicted octanol–water partition coefficient (Wildman–Crippen LogP) is 3.33. The second-order valence-electron chi connectivity index (χ2n) is 3.13. The highest BCUT2D eigenvalue weighted by Crippen LogP contribution is 2.21. The van der Waals surface area contributed by atoms with Gasteiger partial charge in [0, 0.05) is 18.2 Å². The Bertz CT molecular complexity index is 464. The Morgan fingerprint density at radius 1 is 1.35 bits per heavy atom. The molecule has 0 unspecified atom stereocenters. The number of carbonyl (C=O) groups is 1. The van der Waals surface area contributed by atoms with E-state index in [4.69, 9.17) is 4.42 Å². The fraction of sp³-hybridized carbons (Fsp3) is 0.231. The average Bonchev–Trinajstić information content (AvgIpc) is 2.85. The number of nitrogens with one attached hydrogen (secondary N) is 1. The zero-order chi connectivity index (χ0) is 12.7. The lowest BCUT2D eigenvalue weighted by atomic mass is 10.1. The van der Waals surface area contributed by atoms with Gasteiger partial charge in [0.05, 0.1) is 6.20 Å². The van der Waals surface area contributed by atoms with Crippen molar-refractivity contribution in [2.24, 2.45) is 0 Å². The van der Waals surface area contributed by atoms with Crippen molar-refractivity contribution in [1.29, 1.82) is 0 Å². The fourth-order valence-electron chi connectivity index (χ4n) is 1.31. The van der Waals surface area contributed by atoms with Crippen LogP contribution in [0.5, 0.6) is 0 Å². The summed E-state index contributed by atoms with van der Waals surface area (Å²) in [6, 6.07) is 7.40. The van der Waals surface area contributed by atoms with Gasteiger partial charge in [-0.25, -0.2) is 4.98 Å². The Hall–Kier alpha value is -2.10. The summed E-state index contributed by atoms with van der Waals surface area (Å²) >= 11 is 0. The minimum Gasteiger partial charge on any atom is -0.444 e. The molecule has 0 saturated heterocycles. The van der Waals surface area contributed by atoms with Crippen molar-refractivity contribution in [2.75, 3.05) is 5.32 Å². The number of nitrogens with zero attached hydrogens (tertiary/aromatic N) is 1. The first-order valence-corrected chi connectivity index (χ1v) is 5.52. The van der Waals surface area contributed by atoms with Gasteiger partial charge in [0.2, 0.25) is 5.91 Å². The van der Waals surface area contributed by atoms with Crippen LogP contribution >= 0.6 is 0 Å². The van der Waals surface area contributed by atoms with E-state index in [1.807, 2.05) is 38.1 Å². The molecule has 0 spiro atoms. The molecule has 0 saturated carbocycles. The number of oxazole rings is 1. The monoisotopic (exact) mass is 232 g/mol. The molecule has 1 heterocycles. The van der Waals surface area contributed by atoms with Gasteiger partial charge >= 0.3 is 0 Å². The van der Waals surface area contributed by atoms with Gasteiger partial charge in [0.25, 0.3) is 0 Å². The molecule has 0 aliphatic carbocycles. The third-order valence-corrected chi connectivity index (χ3v) is 1.90. The second-order valence-corrected chi connectivity index (χ2v) is 3.13. The van der Waals surface area contributed by atoms with Gasteiger partial charge in [-0.05, 0) is 12.1 Å². The predicted molar refractivity (Wildman–Crippen MR) is 67.6 cm³/mol. The van der Waals surface area contributed by atoms with Crippen LogP contribution in [0.15, 0.2) is 41.3 Å². The summed E-state index contributed by atoms with van der Waals surface area (Å²) in [5.41, 5.74) is 1.63. The first-order valence-electron chi connectivity index (χ1n) is 5.52. The van der Waals surface area contributed by atoms with E-state index in [0.717, 1.165) is 11.3 Å². The summed E-state index contributed by atoms with van der Waals surface area (Å²) in [5, 5.41) is 2.71. The number of amides is 1. The van der Waals surface area contributed by atoms with E-state index in [1.165, 1.54) is 13.3 Å². The van der Waals surface area contributed by atoms with Crippen LogP contribution < -0.4 is 5.32 Å². The third kappa shape index (κ3) is 3.75. The molecule has 90 valence electrons. The molecule has 0 fully saturated rings. The van der Waals surface area contributed by atoms with Crippen molar-refractivity contribution in [3.05, 3.63) is 36.9 Å². The van der Waals surface area contributed by atoms with Crippen molar-refractivity contribution in [3.63, 3.8) is 0 Å². The molecular formula is C13H16N2O2. The number of anilines is 1. The molecule has 1 aromatic carbocycles. The summed E-state index contributed by atoms with van der Waals surface area (Å²) in [6.07, 6.45) is 3.01. The zero-order valence-corrected chi connectivity index (χ0v) is 10.2. The molecule has 0 atom stereocenters. The van der Waals surface area contributed by atoms with Gasteiger partial charge in [-0.15, -0.1) is 0 Å². The van der Waals surface area contributed by atoms with Crippen molar-refractivity contribution in [1.82, 2.24) is 4.98 Å². The normalized spacial score (nSPS) is 9.12. The molecule has 4 heteroatoms. The molecular weight excluding hydrogens is 216 g/mol. The number of aromatic nitrogens is 1. The fourth-order valence-corrected chi connectivity index (χ4v) is 1.31. The van der Waals surface area contributed by atoms with Crippen LogP contribution in [-0.2, 0) is 4.79 Å². The standard InChI is InChI=1S/C11H10N2O2.C2H6/c1-8(14)13-10-4-2-3-9(5-10)11-6-12-7-15-11;1-2/h2-7H,1H3,(H,13,14);1-2H3. The van der Waals surface area contributed by atoms with Crippen molar-refractivity contribution < 1.29 is 9.21 Å². The lowest BCUT2D eigenvalue weighted by molar-refractivity contribution is -0.114. The zero-order valence-electron chi connectivity index (χ0n) is 10.2. The number of rotatable bonds is 2. The van der Waals surface area contributed by atoms with E-state index in [-0.39, 0.29) is 5.91 Å². The summed E-state index contributed by atoms with van der Waals surface area (Å²) in [5.74, 6) is 0.590. The number of benzene rings is 1. The highest BCUT2D eigenvalue weighted by atomic mass is 16.3. The highest BCUT2D eigenvalue weighted by Gasteiger charge is 2.02. The Balaban J connectivity index is 0.000000686. The number of hydrogen-bond acceptors (Lipinski definition) is 3. The Morgan fingerprint density at radius 2 is 2.12 bits per heavy atom. The van der Waals surface area contributed by atoms with Crippen LogP contribution in [0.4, 0.5) is 5.69 Å². The molecule has 1 amide bonds. The van der Waals surface area contributed by atoms with Crippen LogP contribution in [0.1, 0.15) is 20.8 Å². The summed E-state index contributed by atoms with van der Waals surface area (Å²) in [6.45, 7) is 5.47. The quantitative estimate of drug-likeness (QED) is 0.864. The summed E-state index contributed by atoms with van der Waals surface area (Å²) < 4.78 is 5.16. The first kappa shape index (κ1) is 13.0. The molecule has 2 rings (SSSR count). The van der Waals surface area contributed by atoms with Gasteiger partial charge < -0.3 is 9.73 Å². The van der Waals surface area contributed by atoms with E-state index in [1.54, 1.807) is 6.20 Å². The molecule has 4 nitrogen and oxygen atoms in total. The van der Waals surface area contributed by atoms with Gasteiger partial charge in [0.15, 0.2) is 12.2 Å². The van der Waals surface area contributed by atoms with Crippen LogP contribution in [0.2, 0.25) is 0 Å². The maximum Gasteiger partial charge on any atom is 0.221 e. The number of hydrogen-bond donors (Lipinski definition) is 1. The van der Waals surface area contributed by atoms with E-state index in [2.05, 4.69) is 10.3 Å². The molecule has 1 N–H and O–H groups in total. The third-order valence-electron chi connectivity index (χ3n) is 1.90. The van der Waals surface area contributed by atoms with E-state index in [9.17, 15) is 4.79 Å². The van der Waals surface area contributed by atoms with Crippen LogP contribution in [0.3, 0.4) is 0 Å². The summed E-state index contributed by atoms with van der Waals surface area (Å²) in [7, 11) is 0. The molecule has 17 heavy (non-hydrogen) atoms. The second kappa shape index (κ2) is 6.48. The largest absolute Gasteiger partial charge is 0.444 e. The van der Waals surface area contributed by atoms with Gasteiger partial charge in [-0.2, -0.15) is 0 Å². The SMILES string of the molecule is CC.CC(=O)Nc1cccc(-c2cnco2)c1. The van der Waals surface area contributed by atoms with Crippen LogP contribution in [0.25, 0.3) is 11.3 Å². The van der Waals surface area contributed by atoms with Crippen molar-refractivity contribution in [2.45, 2.75) is 20.8 Å². The molecule has 0 radical (unpaired) electrons. The smallest absolute Gasteiger partial charge is 0.221 e. The lowest BCUT2D eigenvalue weighted by Crippen LogP contribution is -2.05. The average molecular weight is 232 g/mol. The van der Waals surface area contributed by atoms with E-state index in [0.29, 0.717) is 5.76 Å². The lowest BCUT2D eigenvalue weighted by Gasteiger charge is -2.02. The highest BCUT2D eigenvalue weighted by molar-refractivity contribution is 5.89. The maximum atomic E-state index is 10.9. The summed E-state index contributed by atoms with van der Waals surface area (Å²) in [4.78, 5) is 14.7. The number of carbonyl (C=O) groups excluding carboxylic acids is 1. The van der Waals surface area contributed by atoms with E-state index < -0.39 is 0 Å². The van der Waals surface area contributed by atoms with Gasteiger partial charge in [0.1, 0.15) is 0 Å². The van der Waals surface area contributed by atoms with Crippen LogP contribution in [-0.4, -0.2) is 10.9 Å². The molecule has 0 aliphatic heterocycles. The maximum absolute atomic E-state index is 10.9.